The number of fused-ring (bicyclic) bond motifs is 4. The minimum atomic E-state index is -1.01. The summed E-state index contributed by atoms with van der Waals surface area (Å²) in [6.45, 7) is 6.79. The van der Waals surface area contributed by atoms with E-state index in [1.165, 1.54) is 4.90 Å². The number of carbonyl (C=O) groups is 2. The van der Waals surface area contributed by atoms with Crippen molar-refractivity contribution in [1.29, 1.82) is 0 Å². The summed E-state index contributed by atoms with van der Waals surface area (Å²) in [6, 6.07) is 12.3. The molecule has 4 heterocycles. The number of aromatic nitrogens is 1. The predicted octanol–water partition coefficient (Wildman–Crippen LogP) is 3.55. The Kier molecular flexibility index (Phi) is 5.62. The maximum Gasteiger partial charge on any atom is 0.328 e. The van der Waals surface area contributed by atoms with Gasteiger partial charge in [0.15, 0.2) is 0 Å². The first-order valence-corrected chi connectivity index (χ1v) is 13.2. The second-order valence-electron chi connectivity index (χ2n) is 10.4. The van der Waals surface area contributed by atoms with E-state index in [4.69, 9.17) is 0 Å². The molecule has 0 saturated carbocycles. The largest absolute Gasteiger partial charge is 0.508 e. The van der Waals surface area contributed by atoms with Crippen molar-refractivity contribution in [3.63, 3.8) is 0 Å². The zero-order valence-corrected chi connectivity index (χ0v) is 22.1. The van der Waals surface area contributed by atoms with E-state index in [1.54, 1.807) is 23.1 Å². The smallest absolute Gasteiger partial charge is 0.328 e. The molecule has 2 N–H and O–H groups in total. The number of likely N-dealkylation sites (N-methyl/N-ethyl adjacent to an activating group) is 1. The number of hydrogen-bond acceptors (Lipinski definition) is 5. The number of piperazine rings is 1. The Bertz CT molecular complexity index is 1360. The summed E-state index contributed by atoms with van der Waals surface area (Å²) in [5.41, 5.74) is 2.66. The number of phenolic OH excluding ortho intramolecular Hbond substituents is 1. The van der Waals surface area contributed by atoms with Crippen molar-refractivity contribution < 1.29 is 14.7 Å². The van der Waals surface area contributed by atoms with E-state index in [1.807, 2.05) is 25.1 Å². The lowest BCUT2D eigenvalue weighted by molar-refractivity contribution is -0.133. The fourth-order valence-electron chi connectivity index (χ4n) is 6.04. The molecular weight excluding hydrogens is 522 g/mol. The molecule has 1 aromatic heterocycles. The van der Waals surface area contributed by atoms with E-state index in [-0.39, 0.29) is 17.7 Å². The zero-order valence-electron chi connectivity index (χ0n) is 20.5. The van der Waals surface area contributed by atoms with Gasteiger partial charge in [0.2, 0.25) is 0 Å². The van der Waals surface area contributed by atoms with Crippen LogP contribution in [0.1, 0.15) is 29.8 Å². The second-order valence-corrected chi connectivity index (χ2v) is 11.3. The summed E-state index contributed by atoms with van der Waals surface area (Å²) in [5, 5.41) is 11.3. The van der Waals surface area contributed by atoms with Gasteiger partial charge < -0.3 is 15.0 Å². The molecule has 2 atom stereocenters. The molecule has 2 fully saturated rings. The number of aromatic amines is 1. The molecule has 3 amide bonds. The van der Waals surface area contributed by atoms with E-state index < -0.39 is 11.6 Å². The normalized spacial score (nSPS) is 25.0. The average Bonchev–Trinajstić information content (AvgIpc) is 3.29. The highest BCUT2D eigenvalue weighted by Crippen LogP contribution is 2.49. The number of carbonyl (C=O) groups excluding carboxylic acids is 2. The third-order valence-electron chi connectivity index (χ3n) is 8.05. The lowest BCUT2D eigenvalue weighted by Gasteiger charge is -2.42. The Morgan fingerprint density at radius 1 is 1.08 bits per heavy atom. The van der Waals surface area contributed by atoms with Gasteiger partial charge in [-0.05, 0) is 55.4 Å². The summed E-state index contributed by atoms with van der Waals surface area (Å²) in [7, 11) is 2.11. The van der Waals surface area contributed by atoms with Gasteiger partial charge in [0.05, 0.1) is 0 Å². The lowest BCUT2D eigenvalue weighted by atomic mass is 9.81. The molecule has 9 heteroatoms. The van der Waals surface area contributed by atoms with Gasteiger partial charge in [0.25, 0.3) is 5.91 Å². The van der Waals surface area contributed by atoms with Gasteiger partial charge in [0.1, 0.15) is 17.3 Å². The number of aromatic hydroxyl groups is 1. The van der Waals surface area contributed by atoms with Crippen LogP contribution in [-0.4, -0.2) is 93.5 Å². The number of hydrogen-bond donors (Lipinski definition) is 2. The number of rotatable bonds is 4. The van der Waals surface area contributed by atoms with Crippen LogP contribution in [0.4, 0.5) is 4.79 Å². The topological polar surface area (TPSA) is 83.1 Å². The van der Waals surface area contributed by atoms with Crippen LogP contribution in [0.3, 0.4) is 0 Å². The molecule has 3 aromatic rings. The van der Waals surface area contributed by atoms with Crippen LogP contribution in [0, 0.1) is 0 Å². The maximum absolute atomic E-state index is 13.9. The average molecular weight is 552 g/mol. The molecule has 0 radical (unpaired) electrons. The molecule has 0 bridgehead atoms. The first-order chi connectivity index (χ1) is 17.3. The van der Waals surface area contributed by atoms with Gasteiger partial charge in [0, 0.05) is 66.8 Å². The number of nitrogens with zero attached hydrogens (tertiary/aromatic N) is 4. The van der Waals surface area contributed by atoms with Crippen molar-refractivity contribution >= 4 is 38.8 Å². The van der Waals surface area contributed by atoms with Gasteiger partial charge in [-0.15, -0.1) is 0 Å². The van der Waals surface area contributed by atoms with E-state index in [0.29, 0.717) is 19.5 Å². The summed E-state index contributed by atoms with van der Waals surface area (Å²) in [5.74, 6) is -0.0214. The highest BCUT2D eigenvalue weighted by Gasteiger charge is 2.60. The Morgan fingerprint density at radius 3 is 2.61 bits per heavy atom. The van der Waals surface area contributed by atoms with E-state index in [2.05, 4.69) is 43.8 Å². The molecular formula is C27H30BrN5O3. The van der Waals surface area contributed by atoms with Gasteiger partial charge in [-0.1, -0.05) is 28.1 Å². The van der Waals surface area contributed by atoms with Crippen LogP contribution in [0.15, 0.2) is 46.9 Å². The van der Waals surface area contributed by atoms with Crippen LogP contribution in [0.2, 0.25) is 0 Å². The summed E-state index contributed by atoms with van der Waals surface area (Å²) in [6.07, 6.45) is 0.434. The minimum Gasteiger partial charge on any atom is -0.508 e. The molecule has 3 aliphatic heterocycles. The molecule has 6 rings (SSSR count). The maximum atomic E-state index is 13.9. The van der Waals surface area contributed by atoms with E-state index in [9.17, 15) is 14.7 Å². The van der Waals surface area contributed by atoms with Crippen LogP contribution in [0.5, 0.6) is 5.75 Å². The Hall–Kier alpha value is -2.88. The van der Waals surface area contributed by atoms with Gasteiger partial charge in [-0.25, -0.2) is 4.79 Å². The quantitative estimate of drug-likeness (QED) is 0.484. The third kappa shape index (κ3) is 3.64. The zero-order chi connectivity index (χ0) is 25.2. The molecule has 2 unspecified atom stereocenters. The number of urea groups is 1. The highest BCUT2D eigenvalue weighted by atomic mass is 79.9. The van der Waals surface area contributed by atoms with Gasteiger partial charge >= 0.3 is 6.03 Å². The third-order valence-corrected chi connectivity index (χ3v) is 8.54. The fraction of sp³-hybridized carbons (Fsp3) is 0.407. The first kappa shape index (κ1) is 23.5. The molecule has 0 spiro atoms. The van der Waals surface area contributed by atoms with Crippen molar-refractivity contribution in [3.8, 4) is 5.75 Å². The van der Waals surface area contributed by atoms with E-state index >= 15 is 0 Å². The monoisotopic (exact) mass is 551 g/mol. The SMILES string of the molecule is CN1CCN(CCN2C(=O)N3C(c4cccc(O)c4)c4[nH]c5ccc(Br)cc5c4CC3(C)C2=O)CC1. The molecule has 2 aromatic carbocycles. The van der Waals surface area contributed by atoms with Crippen molar-refractivity contribution in [2.24, 2.45) is 0 Å². The summed E-state index contributed by atoms with van der Waals surface area (Å²) < 4.78 is 0.959. The van der Waals surface area contributed by atoms with Crippen LogP contribution >= 0.6 is 15.9 Å². The fourth-order valence-corrected chi connectivity index (χ4v) is 6.40. The summed E-state index contributed by atoms with van der Waals surface area (Å²) >= 11 is 3.58. The Labute approximate surface area is 218 Å². The number of nitrogens with one attached hydrogen (secondary N) is 1. The van der Waals surface area contributed by atoms with Crippen molar-refractivity contribution in [2.75, 3.05) is 46.3 Å². The van der Waals surface area contributed by atoms with Gasteiger partial charge in [-0.3, -0.25) is 19.5 Å². The number of halogens is 1. The van der Waals surface area contributed by atoms with Crippen molar-refractivity contribution in [3.05, 3.63) is 63.8 Å². The number of phenols is 1. The predicted molar refractivity (Wildman–Crippen MR) is 141 cm³/mol. The van der Waals surface area contributed by atoms with Gasteiger partial charge in [-0.2, -0.15) is 0 Å². The van der Waals surface area contributed by atoms with E-state index in [0.717, 1.165) is 58.4 Å². The standard InChI is InChI=1S/C27H30BrN5O3/c1-27-16-21-20-15-18(28)6-7-22(20)29-23(21)24(17-4-3-5-19(34)14-17)33(27)26(36)32(25(27)35)13-12-31-10-8-30(2)9-11-31/h3-7,14-15,24,29,34H,8-13,16H2,1-2H3. The van der Waals surface area contributed by atoms with Crippen LogP contribution in [-0.2, 0) is 11.2 Å². The molecule has 3 aliphatic rings. The number of imide groups is 1. The highest BCUT2D eigenvalue weighted by molar-refractivity contribution is 9.10. The number of H-pyrrole nitrogens is 1. The number of benzene rings is 2. The van der Waals surface area contributed by atoms with Crippen LogP contribution in [0.25, 0.3) is 10.9 Å². The number of amides is 3. The Morgan fingerprint density at radius 2 is 1.86 bits per heavy atom. The molecule has 2 saturated heterocycles. The van der Waals surface area contributed by atoms with Crippen molar-refractivity contribution in [1.82, 2.24) is 24.6 Å². The second kappa shape index (κ2) is 8.61. The van der Waals surface area contributed by atoms with Crippen LogP contribution < -0.4 is 0 Å². The lowest BCUT2D eigenvalue weighted by Crippen LogP contribution is -2.53. The first-order valence-electron chi connectivity index (χ1n) is 12.4. The minimum absolute atomic E-state index is 0.130. The summed E-state index contributed by atoms with van der Waals surface area (Å²) in [4.78, 5) is 39.2. The molecule has 8 nitrogen and oxygen atoms in total. The molecule has 0 aliphatic carbocycles. The Balaban J connectivity index is 1.41. The van der Waals surface area contributed by atoms with Crippen molar-refractivity contribution in [2.45, 2.75) is 24.9 Å². The molecule has 36 heavy (non-hydrogen) atoms. The molecule has 188 valence electrons.